The predicted octanol–water partition coefficient (Wildman–Crippen LogP) is 3.51. The zero-order valence-electron chi connectivity index (χ0n) is 12.4. The lowest BCUT2D eigenvalue weighted by Crippen LogP contribution is -2.26. The van der Waals surface area contributed by atoms with Crippen LogP contribution < -0.4 is 5.32 Å². The van der Waals surface area contributed by atoms with Gasteiger partial charge in [0.25, 0.3) is 5.91 Å². The van der Waals surface area contributed by atoms with E-state index in [1.54, 1.807) is 12.4 Å². The number of imidazole rings is 1. The zero-order chi connectivity index (χ0) is 16.1. The van der Waals surface area contributed by atoms with E-state index in [2.05, 4.69) is 10.3 Å². The third kappa shape index (κ3) is 3.99. The Balaban J connectivity index is 1.67. The molecule has 1 amide bonds. The van der Waals surface area contributed by atoms with Crippen LogP contribution in [0.1, 0.15) is 21.7 Å². The summed E-state index contributed by atoms with van der Waals surface area (Å²) >= 11 is 5.89. The Morgan fingerprint density at radius 2 is 1.78 bits per heavy atom. The number of amides is 1. The average molecular weight is 326 g/mol. The van der Waals surface area contributed by atoms with Crippen molar-refractivity contribution in [2.75, 3.05) is 0 Å². The molecule has 2 aromatic carbocycles. The molecule has 0 aliphatic rings. The smallest absolute Gasteiger partial charge is 0.287 e. The van der Waals surface area contributed by atoms with Crippen molar-refractivity contribution in [1.82, 2.24) is 14.9 Å². The highest BCUT2D eigenvalue weighted by atomic mass is 35.5. The molecule has 0 aliphatic carbocycles. The van der Waals surface area contributed by atoms with Gasteiger partial charge in [0, 0.05) is 30.5 Å². The van der Waals surface area contributed by atoms with E-state index in [-0.39, 0.29) is 5.91 Å². The van der Waals surface area contributed by atoms with Crippen LogP contribution in [0.3, 0.4) is 0 Å². The summed E-state index contributed by atoms with van der Waals surface area (Å²) in [5, 5.41) is 3.59. The lowest BCUT2D eigenvalue weighted by atomic mass is 10.2. The number of hydrogen-bond donors (Lipinski definition) is 1. The van der Waals surface area contributed by atoms with E-state index in [1.165, 1.54) is 0 Å². The maximum absolute atomic E-state index is 12.3. The molecule has 5 heteroatoms. The molecular weight excluding hydrogens is 310 g/mol. The van der Waals surface area contributed by atoms with Crippen molar-refractivity contribution < 1.29 is 4.79 Å². The Morgan fingerprint density at radius 1 is 1.04 bits per heavy atom. The Kier molecular flexibility index (Phi) is 4.74. The SMILES string of the molecule is O=C(NCc1ccccc1)c1nccn1Cc1ccc(Cl)cc1. The Hall–Kier alpha value is -2.59. The molecule has 4 nitrogen and oxygen atoms in total. The normalized spacial score (nSPS) is 10.5. The fourth-order valence-corrected chi connectivity index (χ4v) is 2.42. The summed E-state index contributed by atoms with van der Waals surface area (Å²) in [5.41, 5.74) is 2.11. The van der Waals surface area contributed by atoms with Gasteiger partial charge in [-0.05, 0) is 23.3 Å². The predicted molar refractivity (Wildman–Crippen MR) is 90.4 cm³/mol. The number of carbonyl (C=O) groups excluding carboxylic acids is 1. The van der Waals surface area contributed by atoms with Gasteiger partial charge in [-0.15, -0.1) is 0 Å². The first-order valence-corrected chi connectivity index (χ1v) is 7.68. The third-order valence-corrected chi connectivity index (χ3v) is 3.73. The molecule has 3 rings (SSSR count). The van der Waals surface area contributed by atoms with Crippen LogP contribution in [0.25, 0.3) is 0 Å². The molecule has 0 aliphatic heterocycles. The molecule has 0 bridgehead atoms. The first-order chi connectivity index (χ1) is 11.2. The number of hydrogen-bond acceptors (Lipinski definition) is 2. The standard InChI is InChI=1S/C18H16ClN3O/c19-16-8-6-15(7-9-16)13-22-11-10-20-17(22)18(23)21-12-14-4-2-1-3-5-14/h1-11H,12-13H2,(H,21,23). The molecule has 23 heavy (non-hydrogen) atoms. The van der Waals surface area contributed by atoms with Gasteiger partial charge in [-0.25, -0.2) is 4.98 Å². The van der Waals surface area contributed by atoms with Crippen LogP contribution >= 0.6 is 11.6 Å². The Morgan fingerprint density at radius 3 is 2.52 bits per heavy atom. The highest BCUT2D eigenvalue weighted by Crippen LogP contribution is 2.11. The summed E-state index contributed by atoms with van der Waals surface area (Å²) in [6, 6.07) is 17.3. The molecule has 0 fully saturated rings. The maximum atomic E-state index is 12.3. The summed E-state index contributed by atoms with van der Waals surface area (Å²) < 4.78 is 1.82. The minimum Gasteiger partial charge on any atom is -0.345 e. The first-order valence-electron chi connectivity index (χ1n) is 7.30. The number of rotatable bonds is 5. The summed E-state index contributed by atoms with van der Waals surface area (Å²) in [6.45, 7) is 1.05. The minimum atomic E-state index is -0.187. The van der Waals surface area contributed by atoms with Crippen molar-refractivity contribution in [2.24, 2.45) is 0 Å². The third-order valence-electron chi connectivity index (χ3n) is 3.48. The van der Waals surface area contributed by atoms with E-state index >= 15 is 0 Å². The summed E-state index contributed by atoms with van der Waals surface area (Å²) in [4.78, 5) is 16.5. The molecule has 116 valence electrons. The van der Waals surface area contributed by atoms with E-state index in [9.17, 15) is 4.79 Å². The second kappa shape index (κ2) is 7.11. The van der Waals surface area contributed by atoms with Gasteiger partial charge in [0.2, 0.25) is 0 Å². The van der Waals surface area contributed by atoms with Crippen LogP contribution in [0.15, 0.2) is 67.0 Å². The Bertz CT molecular complexity index is 782. The summed E-state index contributed by atoms with van der Waals surface area (Å²) in [7, 11) is 0. The van der Waals surface area contributed by atoms with Gasteiger partial charge in [0.1, 0.15) is 0 Å². The molecule has 0 radical (unpaired) electrons. The molecule has 0 saturated carbocycles. The fraction of sp³-hybridized carbons (Fsp3) is 0.111. The van der Waals surface area contributed by atoms with Crippen LogP contribution in [0.2, 0.25) is 5.02 Å². The van der Waals surface area contributed by atoms with E-state index < -0.39 is 0 Å². The monoisotopic (exact) mass is 325 g/mol. The zero-order valence-corrected chi connectivity index (χ0v) is 13.2. The van der Waals surface area contributed by atoms with Crippen LogP contribution in [-0.2, 0) is 13.1 Å². The first kappa shape index (κ1) is 15.3. The van der Waals surface area contributed by atoms with Crippen molar-refractivity contribution in [3.8, 4) is 0 Å². The van der Waals surface area contributed by atoms with Crippen LogP contribution in [0, 0.1) is 0 Å². The molecule has 0 unspecified atom stereocenters. The topological polar surface area (TPSA) is 46.9 Å². The van der Waals surface area contributed by atoms with Crippen molar-refractivity contribution in [3.05, 3.63) is 89.0 Å². The van der Waals surface area contributed by atoms with Crippen molar-refractivity contribution in [1.29, 1.82) is 0 Å². The van der Waals surface area contributed by atoms with Crippen molar-refractivity contribution in [2.45, 2.75) is 13.1 Å². The van der Waals surface area contributed by atoms with Gasteiger partial charge in [0.05, 0.1) is 0 Å². The average Bonchev–Trinajstić information content (AvgIpc) is 3.04. The van der Waals surface area contributed by atoms with E-state index in [1.807, 2.05) is 59.2 Å². The lowest BCUT2D eigenvalue weighted by molar-refractivity contribution is 0.0936. The molecule has 1 N–H and O–H groups in total. The second-order valence-corrected chi connectivity index (χ2v) is 5.61. The van der Waals surface area contributed by atoms with Crippen molar-refractivity contribution in [3.63, 3.8) is 0 Å². The van der Waals surface area contributed by atoms with Gasteiger partial charge in [-0.1, -0.05) is 54.1 Å². The van der Waals surface area contributed by atoms with Gasteiger partial charge in [-0.2, -0.15) is 0 Å². The minimum absolute atomic E-state index is 0.187. The van der Waals surface area contributed by atoms with E-state index in [4.69, 9.17) is 11.6 Å². The van der Waals surface area contributed by atoms with Crippen LogP contribution in [0.4, 0.5) is 0 Å². The maximum Gasteiger partial charge on any atom is 0.287 e. The van der Waals surface area contributed by atoms with E-state index in [0.29, 0.717) is 23.9 Å². The lowest BCUT2D eigenvalue weighted by Gasteiger charge is -2.09. The number of nitrogens with one attached hydrogen (secondary N) is 1. The van der Waals surface area contributed by atoms with Crippen molar-refractivity contribution >= 4 is 17.5 Å². The van der Waals surface area contributed by atoms with Crippen LogP contribution in [0.5, 0.6) is 0 Å². The molecule has 1 heterocycles. The number of benzene rings is 2. The quantitative estimate of drug-likeness (QED) is 0.780. The highest BCUT2D eigenvalue weighted by Gasteiger charge is 2.12. The summed E-state index contributed by atoms with van der Waals surface area (Å²) in [5.74, 6) is 0.212. The van der Waals surface area contributed by atoms with Gasteiger partial charge >= 0.3 is 0 Å². The molecule has 0 saturated heterocycles. The van der Waals surface area contributed by atoms with Gasteiger partial charge < -0.3 is 9.88 Å². The number of nitrogens with zero attached hydrogens (tertiary/aromatic N) is 2. The van der Waals surface area contributed by atoms with Gasteiger partial charge in [-0.3, -0.25) is 4.79 Å². The molecular formula is C18H16ClN3O. The highest BCUT2D eigenvalue weighted by molar-refractivity contribution is 6.30. The molecule has 0 spiro atoms. The number of halogens is 1. The molecule has 3 aromatic rings. The number of aromatic nitrogens is 2. The van der Waals surface area contributed by atoms with Crippen LogP contribution in [-0.4, -0.2) is 15.5 Å². The van der Waals surface area contributed by atoms with Gasteiger partial charge in [0.15, 0.2) is 5.82 Å². The van der Waals surface area contributed by atoms with E-state index in [0.717, 1.165) is 11.1 Å². The Labute approximate surface area is 139 Å². The number of carbonyl (C=O) groups is 1. The fourth-order valence-electron chi connectivity index (χ4n) is 2.29. The second-order valence-electron chi connectivity index (χ2n) is 5.17. The molecule has 1 aromatic heterocycles. The largest absolute Gasteiger partial charge is 0.345 e. The molecule has 0 atom stereocenters. The summed E-state index contributed by atoms with van der Waals surface area (Å²) in [6.07, 6.45) is 3.43.